The fourth-order valence-corrected chi connectivity index (χ4v) is 1.81. The summed E-state index contributed by atoms with van der Waals surface area (Å²) in [6, 6.07) is 4.89. The molecule has 0 amide bonds. The molecule has 0 atom stereocenters. The molecule has 0 aliphatic rings. The maximum Gasteiger partial charge on any atom is 0.335 e. The first kappa shape index (κ1) is 10.0. The molecule has 2 N–H and O–H groups in total. The Morgan fingerprint density at radius 1 is 1.60 bits per heavy atom. The maximum absolute atomic E-state index is 10.7. The number of rotatable bonds is 3. The van der Waals surface area contributed by atoms with Gasteiger partial charge in [0, 0.05) is 0 Å². The second-order valence-electron chi connectivity index (χ2n) is 3.15. The lowest BCUT2D eigenvalue weighted by molar-refractivity contribution is 0.0697. The SMILES string of the molecule is CSCc1nc2ccc(C(=O)O)cc2[nH]1. The third-order valence-electron chi connectivity index (χ3n) is 2.06. The van der Waals surface area contributed by atoms with Crippen LogP contribution in [0.15, 0.2) is 18.2 Å². The van der Waals surface area contributed by atoms with Gasteiger partial charge in [-0.1, -0.05) is 0 Å². The lowest BCUT2D eigenvalue weighted by Crippen LogP contribution is -1.94. The number of aromatic carboxylic acids is 1. The van der Waals surface area contributed by atoms with E-state index in [1.54, 1.807) is 30.0 Å². The highest BCUT2D eigenvalue weighted by Crippen LogP contribution is 2.15. The Morgan fingerprint density at radius 3 is 3.07 bits per heavy atom. The molecule has 2 aromatic rings. The third kappa shape index (κ3) is 1.97. The second-order valence-corrected chi connectivity index (χ2v) is 4.02. The Hall–Kier alpha value is -1.49. The van der Waals surface area contributed by atoms with Crippen LogP contribution in [0.3, 0.4) is 0 Å². The topological polar surface area (TPSA) is 66.0 Å². The number of benzene rings is 1. The van der Waals surface area contributed by atoms with E-state index in [1.165, 1.54) is 0 Å². The van der Waals surface area contributed by atoms with Crippen LogP contribution in [0.2, 0.25) is 0 Å². The molecule has 1 heterocycles. The van der Waals surface area contributed by atoms with Gasteiger partial charge in [0.15, 0.2) is 0 Å². The number of fused-ring (bicyclic) bond motifs is 1. The van der Waals surface area contributed by atoms with E-state index < -0.39 is 5.97 Å². The molecule has 0 bridgehead atoms. The first-order chi connectivity index (χ1) is 7.20. The van der Waals surface area contributed by atoms with Crippen molar-refractivity contribution in [1.82, 2.24) is 9.97 Å². The van der Waals surface area contributed by atoms with Crippen LogP contribution in [0.25, 0.3) is 11.0 Å². The van der Waals surface area contributed by atoms with Gasteiger partial charge in [0.1, 0.15) is 5.82 Å². The number of thioether (sulfide) groups is 1. The van der Waals surface area contributed by atoms with E-state index in [-0.39, 0.29) is 5.56 Å². The molecule has 0 saturated heterocycles. The molecule has 0 spiro atoms. The molecule has 1 aromatic carbocycles. The van der Waals surface area contributed by atoms with Crippen LogP contribution in [0.1, 0.15) is 16.2 Å². The molecular weight excluding hydrogens is 212 g/mol. The first-order valence-electron chi connectivity index (χ1n) is 4.41. The lowest BCUT2D eigenvalue weighted by atomic mass is 10.2. The van der Waals surface area contributed by atoms with Gasteiger partial charge in [-0.15, -0.1) is 0 Å². The fourth-order valence-electron chi connectivity index (χ4n) is 1.40. The van der Waals surface area contributed by atoms with Crippen molar-refractivity contribution >= 4 is 28.8 Å². The Morgan fingerprint density at radius 2 is 2.40 bits per heavy atom. The minimum absolute atomic E-state index is 0.279. The Labute approximate surface area is 90.7 Å². The molecule has 78 valence electrons. The molecule has 0 radical (unpaired) electrons. The number of imidazole rings is 1. The van der Waals surface area contributed by atoms with Crippen molar-refractivity contribution in [1.29, 1.82) is 0 Å². The van der Waals surface area contributed by atoms with Gasteiger partial charge in [0.25, 0.3) is 0 Å². The van der Waals surface area contributed by atoms with Gasteiger partial charge in [0.2, 0.25) is 0 Å². The van der Waals surface area contributed by atoms with Crippen molar-refractivity contribution in [2.24, 2.45) is 0 Å². The monoisotopic (exact) mass is 222 g/mol. The molecule has 0 unspecified atom stereocenters. The Kier molecular flexibility index (Phi) is 2.64. The maximum atomic E-state index is 10.7. The molecule has 5 heteroatoms. The van der Waals surface area contributed by atoms with Crippen LogP contribution in [0.4, 0.5) is 0 Å². The molecule has 0 aliphatic heterocycles. The van der Waals surface area contributed by atoms with E-state index in [4.69, 9.17) is 5.11 Å². The summed E-state index contributed by atoms with van der Waals surface area (Å²) in [7, 11) is 0. The van der Waals surface area contributed by atoms with Crippen molar-refractivity contribution in [3.05, 3.63) is 29.6 Å². The van der Waals surface area contributed by atoms with E-state index in [9.17, 15) is 4.79 Å². The number of hydrogen-bond donors (Lipinski definition) is 2. The molecule has 0 aliphatic carbocycles. The summed E-state index contributed by atoms with van der Waals surface area (Å²) >= 11 is 1.67. The average molecular weight is 222 g/mol. The van der Waals surface area contributed by atoms with E-state index >= 15 is 0 Å². The normalized spacial score (nSPS) is 10.7. The van der Waals surface area contributed by atoms with E-state index in [2.05, 4.69) is 9.97 Å². The van der Waals surface area contributed by atoms with Gasteiger partial charge in [-0.05, 0) is 24.5 Å². The molecule has 15 heavy (non-hydrogen) atoms. The van der Waals surface area contributed by atoms with Crippen molar-refractivity contribution in [3.8, 4) is 0 Å². The van der Waals surface area contributed by atoms with Crippen molar-refractivity contribution in [2.75, 3.05) is 6.26 Å². The smallest absolute Gasteiger partial charge is 0.335 e. The predicted molar refractivity (Wildman–Crippen MR) is 60.3 cm³/mol. The van der Waals surface area contributed by atoms with Crippen LogP contribution in [0.5, 0.6) is 0 Å². The van der Waals surface area contributed by atoms with Gasteiger partial charge in [-0.3, -0.25) is 0 Å². The number of carboxylic acids is 1. The molecule has 1 aromatic heterocycles. The summed E-state index contributed by atoms with van der Waals surface area (Å²) in [5, 5.41) is 8.82. The van der Waals surface area contributed by atoms with Crippen molar-refractivity contribution in [2.45, 2.75) is 5.75 Å². The number of nitrogens with one attached hydrogen (secondary N) is 1. The highest BCUT2D eigenvalue weighted by atomic mass is 32.2. The number of hydrogen-bond acceptors (Lipinski definition) is 3. The standard InChI is InChI=1S/C10H10N2O2S/c1-15-5-9-11-7-3-2-6(10(13)14)4-8(7)12-9/h2-4H,5H2,1H3,(H,11,12)(H,13,14). The average Bonchev–Trinajstić information content (AvgIpc) is 2.59. The third-order valence-corrected chi connectivity index (χ3v) is 2.62. The van der Waals surface area contributed by atoms with Crippen LogP contribution < -0.4 is 0 Å². The number of H-pyrrole nitrogens is 1. The minimum Gasteiger partial charge on any atom is -0.478 e. The van der Waals surface area contributed by atoms with Crippen molar-refractivity contribution < 1.29 is 9.90 Å². The summed E-state index contributed by atoms with van der Waals surface area (Å²) in [6.45, 7) is 0. The molecule has 2 rings (SSSR count). The summed E-state index contributed by atoms with van der Waals surface area (Å²) in [6.07, 6.45) is 2.00. The van der Waals surface area contributed by atoms with Crippen LogP contribution in [0, 0.1) is 0 Å². The number of carboxylic acid groups (broad SMARTS) is 1. The number of carbonyl (C=O) groups is 1. The quantitative estimate of drug-likeness (QED) is 0.834. The van der Waals surface area contributed by atoms with Gasteiger partial charge < -0.3 is 10.1 Å². The molecular formula is C10H10N2O2S. The number of nitrogens with zero attached hydrogens (tertiary/aromatic N) is 1. The highest BCUT2D eigenvalue weighted by molar-refractivity contribution is 7.97. The van der Waals surface area contributed by atoms with Gasteiger partial charge in [-0.2, -0.15) is 11.8 Å². The largest absolute Gasteiger partial charge is 0.478 e. The van der Waals surface area contributed by atoms with Crippen LogP contribution >= 0.6 is 11.8 Å². The zero-order valence-electron chi connectivity index (χ0n) is 8.15. The summed E-state index contributed by atoms with van der Waals surface area (Å²) in [5.41, 5.74) is 1.87. The summed E-state index contributed by atoms with van der Waals surface area (Å²) < 4.78 is 0. The summed E-state index contributed by atoms with van der Waals surface area (Å²) in [5.74, 6) is 0.759. The first-order valence-corrected chi connectivity index (χ1v) is 5.81. The summed E-state index contributed by atoms with van der Waals surface area (Å²) in [4.78, 5) is 18.2. The van der Waals surface area contributed by atoms with Crippen molar-refractivity contribution in [3.63, 3.8) is 0 Å². The van der Waals surface area contributed by atoms with Gasteiger partial charge in [0.05, 0.1) is 22.3 Å². The molecule has 0 saturated carbocycles. The Bertz CT molecular complexity index is 507. The van der Waals surface area contributed by atoms with Crippen LogP contribution in [-0.4, -0.2) is 27.3 Å². The van der Waals surface area contributed by atoms with E-state index in [0.29, 0.717) is 0 Å². The zero-order chi connectivity index (χ0) is 10.8. The Balaban J connectivity index is 2.47. The molecule has 4 nitrogen and oxygen atoms in total. The van der Waals surface area contributed by atoms with Gasteiger partial charge >= 0.3 is 5.97 Å². The van der Waals surface area contributed by atoms with Crippen LogP contribution in [-0.2, 0) is 5.75 Å². The number of aromatic nitrogens is 2. The second kappa shape index (κ2) is 3.94. The van der Waals surface area contributed by atoms with Gasteiger partial charge in [-0.25, -0.2) is 9.78 Å². The van der Waals surface area contributed by atoms with E-state index in [0.717, 1.165) is 22.6 Å². The number of aromatic amines is 1. The van der Waals surface area contributed by atoms with E-state index in [1.807, 2.05) is 6.26 Å². The lowest BCUT2D eigenvalue weighted by Gasteiger charge is -1.92. The molecule has 0 fully saturated rings. The fraction of sp³-hybridized carbons (Fsp3) is 0.200. The highest BCUT2D eigenvalue weighted by Gasteiger charge is 2.06. The predicted octanol–water partition coefficient (Wildman–Crippen LogP) is 2.12. The zero-order valence-corrected chi connectivity index (χ0v) is 8.97. The minimum atomic E-state index is -0.919.